The van der Waals surface area contributed by atoms with Gasteiger partial charge in [0.1, 0.15) is 9.52 Å². The maximum absolute atomic E-state index is 3.44. The Kier molecular flexibility index (Phi) is 17.6. The van der Waals surface area contributed by atoms with E-state index in [9.17, 15) is 0 Å². The molecule has 0 unspecified atom stereocenters. The second kappa shape index (κ2) is 19.8. The zero-order chi connectivity index (χ0) is 19.3. The lowest BCUT2D eigenvalue weighted by Gasteiger charge is -2.03. The van der Waals surface area contributed by atoms with Crippen molar-refractivity contribution in [2.24, 2.45) is 0 Å². The summed E-state index contributed by atoms with van der Waals surface area (Å²) in [6.45, 7) is 2.30. The molecule has 0 saturated heterocycles. The zero-order valence-electron chi connectivity index (χ0n) is 18.1. The van der Waals surface area contributed by atoms with E-state index in [1.807, 2.05) is 0 Å². The Labute approximate surface area is 172 Å². The van der Waals surface area contributed by atoms with Crippen molar-refractivity contribution in [3.63, 3.8) is 0 Å². The van der Waals surface area contributed by atoms with Crippen LogP contribution in [0.1, 0.15) is 115 Å². The molecule has 0 spiro atoms. The minimum Gasteiger partial charge on any atom is -0.134 e. The lowest BCUT2D eigenvalue weighted by molar-refractivity contribution is 0.531. The Balaban J connectivity index is 1.73. The molecular weight excluding hydrogens is 340 g/mol. The van der Waals surface area contributed by atoms with Crippen LogP contribution >= 0.6 is 0 Å². The Hall–Kier alpha value is -1.00. The summed E-state index contributed by atoms with van der Waals surface area (Å²) in [6.07, 6.45) is 23.2. The van der Waals surface area contributed by atoms with Crippen LogP contribution in [0.3, 0.4) is 0 Å². The number of hydrogen-bond acceptors (Lipinski definition) is 0. The van der Waals surface area contributed by atoms with Crippen molar-refractivity contribution in [3.05, 3.63) is 35.9 Å². The smallest absolute Gasteiger partial charge is 0.107 e. The molecule has 0 nitrogen and oxygen atoms in total. The Morgan fingerprint density at radius 2 is 1.04 bits per heavy atom. The van der Waals surface area contributed by atoms with Gasteiger partial charge < -0.3 is 0 Å². The third-order valence-corrected chi connectivity index (χ3v) is 6.69. The molecule has 1 aromatic carbocycles. The van der Waals surface area contributed by atoms with E-state index < -0.39 is 0 Å². The van der Waals surface area contributed by atoms with E-state index in [1.54, 1.807) is 0 Å². The standard InChI is InChI=1S/C26H44Si/c1-2-3-4-5-6-7-8-9-10-11-12-13-14-15-16-20-24-27-25-23-26-21-18-17-19-22-26/h17-19,21-22H,2-16,20,24,27H2,1H3. The summed E-state index contributed by atoms with van der Waals surface area (Å²) in [4.78, 5) is 0. The van der Waals surface area contributed by atoms with Crippen LogP contribution in [0.15, 0.2) is 30.3 Å². The molecule has 0 aliphatic carbocycles. The van der Waals surface area contributed by atoms with Gasteiger partial charge in [0.05, 0.1) is 0 Å². The molecule has 1 rings (SSSR count). The minimum absolute atomic E-state index is 0.158. The number of hydrogen-bond donors (Lipinski definition) is 0. The lowest BCUT2D eigenvalue weighted by atomic mass is 10.0. The highest BCUT2D eigenvalue weighted by Crippen LogP contribution is 2.14. The molecule has 0 radical (unpaired) electrons. The van der Waals surface area contributed by atoms with Crippen LogP contribution in [0, 0.1) is 11.5 Å². The van der Waals surface area contributed by atoms with Gasteiger partial charge in [-0.15, -0.1) is 5.54 Å². The first kappa shape index (κ1) is 24.0. The van der Waals surface area contributed by atoms with Gasteiger partial charge in [-0.05, 0) is 12.1 Å². The molecule has 0 N–H and O–H groups in total. The molecule has 0 atom stereocenters. The average Bonchev–Trinajstić information content (AvgIpc) is 2.70. The molecule has 1 aromatic rings. The van der Waals surface area contributed by atoms with Crippen LogP contribution < -0.4 is 0 Å². The molecule has 0 amide bonds. The Morgan fingerprint density at radius 1 is 0.593 bits per heavy atom. The predicted octanol–water partition coefficient (Wildman–Crippen LogP) is 7.84. The molecule has 152 valence electrons. The number of benzene rings is 1. The number of unbranched alkanes of at least 4 members (excludes halogenated alkanes) is 15. The zero-order valence-corrected chi connectivity index (χ0v) is 19.5. The van der Waals surface area contributed by atoms with Gasteiger partial charge in [-0.25, -0.2) is 0 Å². The second-order valence-corrected chi connectivity index (χ2v) is 9.64. The normalized spacial score (nSPS) is 11.0. The van der Waals surface area contributed by atoms with Crippen LogP contribution in [0.4, 0.5) is 0 Å². The van der Waals surface area contributed by atoms with Gasteiger partial charge in [-0.3, -0.25) is 0 Å². The van der Waals surface area contributed by atoms with Gasteiger partial charge in [-0.2, -0.15) is 0 Å². The largest absolute Gasteiger partial charge is 0.134 e. The molecular formula is C26H44Si. The van der Waals surface area contributed by atoms with Gasteiger partial charge in [0.2, 0.25) is 0 Å². The maximum atomic E-state index is 3.44. The second-order valence-electron chi connectivity index (χ2n) is 8.07. The van der Waals surface area contributed by atoms with Gasteiger partial charge in [0.25, 0.3) is 0 Å². The topological polar surface area (TPSA) is 0 Å². The molecule has 0 aromatic heterocycles. The van der Waals surface area contributed by atoms with Crippen LogP contribution in [0.2, 0.25) is 6.04 Å². The molecule has 0 heterocycles. The van der Waals surface area contributed by atoms with Crippen molar-refractivity contribution in [1.29, 1.82) is 0 Å². The predicted molar refractivity (Wildman–Crippen MR) is 126 cm³/mol. The summed E-state index contributed by atoms with van der Waals surface area (Å²) >= 11 is 0. The SMILES string of the molecule is CCCCCCCCCCCCCCCCCC[SiH2]C#Cc1ccccc1. The van der Waals surface area contributed by atoms with Crippen LogP contribution in [-0.4, -0.2) is 9.52 Å². The quantitative estimate of drug-likeness (QED) is 0.146. The molecule has 27 heavy (non-hydrogen) atoms. The van der Waals surface area contributed by atoms with Crippen molar-refractivity contribution in [3.8, 4) is 11.5 Å². The molecule has 0 saturated carbocycles. The van der Waals surface area contributed by atoms with Gasteiger partial charge in [0, 0.05) is 5.56 Å². The summed E-state index contributed by atoms with van der Waals surface area (Å²) in [7, 11) is -0.158. The van der Waals surface area contributed by atoms with Crippen molar-refractivity contribution >= 4 is 9.52 Å². The summed E-state index contributed by atoms with van der Waals surface area (Å²) < 4.78 is 0. The third-order valence-electron chi connectivity index (χ3n) is 5.41. The first-order valence-corrected chi connectivity index (χ1v) is 13.7. The first-order valence-electron chi connectivity index (χ1n) is 12.0. The highest BCUT2D eigenvalue weighted by atomic mass is 28.2. The summed E-state index contributed by atoms with van der Waals surface area (Å²) in [5.41, 5.74) is 4.62. The van der Waals surface area contributed by atoms with E-state index in [0.29, 0.717) is 0 Å². The Morgan fingerprint density at radius 3 is 1.52 bits per heavy atom. The summed E-state index contributed by atoms with van der Waals surface area (Å²) in [5.74, 6) is 3.31. The van der Waals surface area contributed by atoms with E-state index in [-0.39, 0.29) is 9.52 Å². The molecule has 0 fully saturated rings. The monoisotopic (exact) mass is 384 g/mol. The average molecular weight is 385 g/mol. The fourth-order valence-corrected chi connectivity index (χ4v) is 4.73. The number of rotatable bonds is 17. The van der Waals surface area contributed by atoms with Crippen molar-refractivity contribution in [1.82, 2.24) is 0 Å². The van der Waals surface area contributed by atoms with Gasteiger partial charge >= 0.3 is 0 Å². The fraction of sp³-hybridized carbons (Fsp3) is 0.692. The van der Waals surface area contributed by atoms with E-state index >= 15 is 0 Å². The van der Waals surface area contributed by atoms with Crippen molar-refractivity contribution < 1.29 is 0 Å². The third kappa shape index (κ3) is 16.9. The van der Waals surface area contributed by atoms with E-state index in [1.165, 1.54) is 114 Å². The van der Waals surface area contributed by atoms with Crippen LogP contribution in [0.25, 0.3) is 0 Å². The highest BCUT2D eigenvalue weighted by molar-refractivity contribution is 6.46. The highest BCUT2D eigenvalue weighted by Gasteiger charge is 1.94. The van der Waals surface area contributed by atoms with Gasteiger partial charge in [-0.1, -0.05) is 140 Å². The van der Waals surface area contributed by atoms with Crippen LogP contribution in [-0.2, 0) is 0 Å². The maximum Gasteiger partial charge on any atom is 0.107 e. The summed E-state index contributed by atoms with van der Waals surface area (Å²) in [6, 6.07) is 11.8. The first-order chi connectivity index (χ1) is 13.4. The van der Waals surface area contributed by atoms with E-state index in [2.05, 4.69) is 48.7 Å². The molecule has 0 aliphatic heterocycles. The fourth-order valence-electron chi connectivity index (χ4n) is 3.62. The lowest BCUT2D eigenvalue weighted by Crippen LogP contribution is -1.87. The summed E-state index contributed by atoms with van der Waals surface area (Å²) in [5, 5.41) is 0. The molecule has 0 aliphatic rings. The molecule has 1 heteroatoms. The van der Waals surface area contributed by atoms with Gasteiger partial charge in [0.15, 0.2) is 0 Å². The van der Waals surface area contributed by atoms with Crippen molar-refractivity contribution in [2.75, 3.05) is 0 Å². The molecule has 0 bridgehead atoms. The Bertz CT molecular complexity index is 468. The van der Waals surface area contributed by atoms with E-state index in [4.69, 9.17) is 0 Å². The minimum atomic E-state index is -0.158. The van der Waals surface area contributed by atoms with Crippen molar-refractivity contribution in [2.45, 2.75) is 116 Å². The van der Waals surface area contributed by atoms with Crippen LogP contribution in [0.5, 0.6) is 0 Å². The van der Waals surface area contributed by atoms with E-state index in [0.717, 1.165) is 0 Å².